The molecule has 0 aliphatic heterocycles. The molecule has 0 unspecified atom stereocenters. The van der Waals surface area contributed by atoms with E-state index in [4.69, 9.17) is 5.11 Å². The SMILES string of the molecule is CN(C)CCCCCCN(C)CCCCCCN(C)CCCCCCN(C)CCCCCCN(C)CCCCCCN(C)CCCCCCN(C)CCCCCCN(C)CCCCCCN(C)CCCCCCO. The van der Waals surface area contributed by atoms with Crippen LogP contribution in [0.1, 0.15) is 231 Å². The van der Waals surface area contributed by atoms with Crippen molar-refractivity contribution in [2.75, 3.05) is 188 Å². The van der Waals surface area contributed by atoms with E-state index in [0.717, 1.165) is 6.42 Å². The lowest BCUT2D eigenvalue weighted by molar-refractivity contribution is 0.276. The van der Waals surface area contributed by atoms with E-state index in [1.54, 1.807) is 0 Å². The molecule has 1 N–H and O–H groups in total. The minimum atomic E-state index is 0.346. The van der Waals surface area contributed by atoms with Gasteiger partial charge in [0.15, 0.2) is 0 Å². The fraction of sp³-hybridized carbons (Fsp3) is 1.00. The van der Waals surface area contributed by atoms with Crippen LogP contribution >= 0.6 is 0 Å². The quantitative estimate of drug-likeness (QED) is 0.0596. The van der Waals surface area contributed by atoms with E-state index in [1.165, 1.54) is 336 Å². The van der Waals surface area contributed by atoms with Gasteiger partial charge in [-0.1, -0.05) is 116 Å². The van der Waals surface area contributed by atoms with E-state index >= 15 is 0 Å². The van der Waals surface area contributed by atoms with Crippen LogP contribution in [-0.2, 0) is 0 Å². The number of aliphatic hydroxyl groups excluding tert-OH is 1. The molecule has 10 nitrogen and oxygen atoms in total. The van der Waals surface area contributed by atoms with Gasteiger partial charge in [-0.05, 0) is 297 Å². The zero-order valence-corrected chi connectivity index (χ0v) is 52.7. The summed E-state index contributed by atoms with van der Waals surface area (Å²) < 4.78 is 0. The largest absolute Gasteiger partial charge is 0.396 e. The van der Waals surface area contributed by atoms with Crippen molar-refractivity contribution in [2.45, 2.75) is 231 Å². The fourth-order valence-electron chi connectivity index (χ4n) is 10.7. The number of rotatable bonds is 62. The number of hydrogen-bond donors (Lipinski definition) is 1. The molecule has 0 bridgehead atoms. The first-order valence-electron chi connectivity index (χ1n) is 32.7. The van der Waals surface area contributed by atoms with Crippen molar-refractivity contribution in [3.8, 4) is 0 Å². The molecular weight excluding hydrogens is 911 g/mol. The normalized spacial score (nSPS) is 12.5. The Labute approximate surface area is 466 Å². The zero-order valence-electron chi connectivity index (χ0n) is 52.7. The van der Waals surface area contributed by atoms with Crippen molar-refractivity contribution in [1.82, 2.24) is 44.1 Å². The lowest BCUT2D eigenvalue weighted by atomic mass is 10.1. The molecule has 0 aliphatic carbocycles. The van der Waals surface area contributed by atoms with Gasteiger partial charge in [-0.25, -0.2) is 0 Å². The first kappa shape index (κ1) is 73.6. The molecule has 0 radical (unpaired) electrons. The van der Waals surface area contributed by atoms with Gasteiger partial charge in [-0.3, -0.25) is 0 Å². The Balaban J connectivity index is 3.48. The van der Waals surface area contributed by atoms with Crippen LogP contribution in [0.3, 0.4) is 0 Å². The Hall–Kier alpha value is -0.400. The summed E-state index contributed by atoms with van der Waals surface area (Å²) >= 11 is 0. The molecule has 0 aliphatic rings. The summed E-state index contributed by atoms with van der Waals surface area (Å²) in [5.41, 5.74) is 0. The number of hydrogen-bond acceptors (Lipinski definition) is 10. The zero-order chi connectivity index (χ0) is 54.4. The third-order valence-electron chi connectivity index (χ3n) is 16.2. The van der Waals surface area contributed by atoms with E-state index in [0.29, 0.717) is 6.61 Å². The predicted octanol–water partition coefficient (Wildman–Crippen LogP) is 13.0. The maximum Gasteiger partial charge on any atom is 0.0431 e. The Morgan fingerprint density at radius 3 is 0.365 bits per heavy atom. The van der Waals surface area contributed by atoms with Gasteiger partial charge in [-0.2, -0.15) is 0 Å². The summed E-state index contributed by atoms with van der Waals surface area (Å²) in [5, 5.41) is 8.91. The molecular formula is C64H139N9O. The van der Waals surface area contributed by atoms with Crippen LogP contribution in [0.4, 0.5) is 0 Å². The molecule has 0 spiro atoms. The van der Waals surface area contributed by atoms with Crippen molar-refractivity contribution in [3.63, 3.8) is 0 Å². The van der Waals surface area contributed by atoms with Crippen molar-refractivity contribution < 1.29 is 5.11 Å². The van der Waals surface area contributed by atoms with Gasteiger partial charge in [-0.15, -0.1) is 0 Å². The predicted molar refractivity (Wildman–Crippen MR) is 332 cm³/mol. The van der Waals surface area contributed by atoms with Gasteiger partial charge in [0.25, 0.3) is 0 Å². The van der Waals surface area contributed by atoms with Gasteiger partial charge in [0.2, 0.25) is 0 Å². The molecule has 0 saturated carbocycles. The smallest absolute Gasteiger partial charge is 0.0431 e. The van der Waals surface area contributed by atoms with Crippen molar-refractivity contribution in [1.29, 1.82) is 0 Å². The van der Waals surface area contributed by atoms with E-state index in [-0.39, 0.29) is 0 Å². The van der Waals surface area contributed by atoms with Gasteiger partial charge in [0.1, 0.15) is 0 Å². The maximum absolute atomic E-state index is 8.91. The van der Waals surface area contributed by atoms with E-state index < -0.39 is 0 Å². The molecule has 0 fully saturated rings. The molecule has 0 atom stereocenters. The Morgan fingerprint density at radius 1 is 0.149 bits per heavy atom. The molecule has 74 heavy (non-hydrogen) atoms. The van der Waals surface area contributed by atoms with E-state index in [2.05, 4.69) is 115 Å². The van der Waals surface area contributed by atoms with Gasteiger partial charge >= 0.3 is 0 Å². The van der Waals surface area contributed by atoms with Crippen LogP contribution < -0.4 is 0 Å². The minimum Gasteiger partial charge on any atom is -0.396 e. The van der Waals surface area contributed by atoms with Crippen LogP contribution in [0.15, 0.2) is 0 Å². The second-order valence-electron chi connectivity index (χ2n) is 24.7. The molecule has 10 heteroatoms. The van der Waals surface area contributed by atoms with Gasteiger partial charge in [0.05, 0.1) is 0 Å². The maximum atomic E-state index is 8.91. The van der Waals surface area contributed by atoms with Crippen molar-refractivity contribution >= 4 is 0 Å². The first-order valence-corrected chi connectivity index (χ1v) is 32.7. The summed E-state index contributed by atoms with van der Waals surface area (Å²) in [7, 11) is 23.0. The summed E-state index contributed by atoms with van der Waals surface area (Å²) in [5.74, 6) is 0. The van der Waals surface area contributed by atoms with Crippen LogP contribution in [-0.4, -0.2) is 238 Å². The Bertz CT molecular complexity index is 1070. The summed E-state index contributed by atoms with van der Waals surface area (Å²) in [6, 6.07) is 0. The average molecular weight is 1050 g/mol. The third kappa shape index (κ3) is 57.8. The number of nitrogens with zero attached hydrogens (tertiary/aromatic N) is 9. The molecule has 446 valence electrons. The van der Waals surface area contributed by atoms with Crippen molar-refractivity contribution in [2.24, 2.45) is 0 Å². The lowest BCUT2D eigenvalue weighted by Gasteiger charge is -2.19. The molecule has 0 aromatic rings. The Kier molecular flexibility index (Phi) is 57.0. The van der Waals surface area contributed by atoms with Crippen LogP contribution in [0, 0.1) is 0 Å². The highest BCUT2D eigenvalue weighted by Crippen LogP contribution is 2.12. The van der Waals surface area contributed by atoms with Crippen molar-refractivity contribution in [3.05, 3.63) is 0 Å². The highest BCUT2D eigenvalue weighted by Gasteiger charge is 2.07. The number of unbranched alkanes of at least 4 members (excludes halogenated alkanes) is 27. The second kappa shape index (κ2) is 57.3. The second-order valence-corrected chi connectivity index (χ2v) is 24.7. The van der Waals surface area contributed by atoms with Gasteiger partial charge in [0, 0.05) is 6.61 Å². The molecule has 0 aromatic carbocycles. The van der Waals surface area contributed by atoms with E-state index in [1.807, 2.05) is 0 Å². The molecule has 0 heterocycles. The average Bonchev–Trinajstić information content (AvgIpc) is 3.37. The standard InChI is InChI=1S/C64H139N9O/c1-65(2)47-29-11-12-30-48-66(3)49-31-13-14-32-50-67(4)51-33-15-16-34-52-68(5)53-35-17-18-36-54-69(6)55-37-19-20-38-56-70(7)57-39-21-22-40-58-71(8)59-41-23-24-42-60-72(9)61-43-25-26-44-62-73(10)63-45-27-28-46-64-74/h74H,11-64H2,1-10H3. The van der Waals surface area contributed by atoms with E-state index in [9.17, 15) is 0 Å². The molecule has 0 aromatic heterocycles. The summed E-state index contributed by atoms with van der Waals surface area (Å²) in [4.78, 5) is 22.8. The molecule has 0 amide bonds. The van der Waals surface area contributed by atoms with Crippen LogP contribution in [0.2, 0.25) is 0 Å². The lowest BCUT2D eigenvalue weighted by Crippen LogP contribution is -2.22. The third-order valence-corrected chi connectivity index (χ3v) is 16.2. The van der Waals surface area contributed by atoms with Crippen LogP contribution in [0.5, 0.6) is 0 Å². The minimum absolute atomic E-state index is 0.346. The topological polar surface area (TPSA) is 49.4 Å². The van der Waals surface area contributed by atoms with Gasteiger partial charge < -0.3 is 49.2 Å². The monoisotopic (exact) mass is 1050 g/mol. The fourth-order valence-corrected chi connectivity index (χ4v) is 10.7. The first-order chi connectivity index (χ1) is 35.9. The number of aliphatic hydroxyl groups is 1. The molecule has 0 rings (SSSR count). The highest BCUT2D eigenvalue weighted by atomic mass is 16.2. The molecule has 0 saturated heterocycles. The Morgan fingerprint density at radius 2 is 0.257 bits per heavy atom. The highest BCUT2D eigenvalue weighted by molar-refractivity contribution is 4.63. The summed E-state index contributed by atoms with van der Waals surface area (Å²) in [6.07, 6.45) is 48.5. The summed E-state index contributed by atoms with van der Waals surface area (Å²) in [6.45, 7) is 21.8. The van der Waals surface area contributed by atoms with Crippen LogP contribution in [0.25, 0.3) is 0 Å².